The van der Waals surface area contributed by atoms with E-state index < -0.39 is 60.6 Å². The molecule has 13 heteroatoms. The van der Waals surface area contributed by atoms with Gasteiger partial charge in [0.05, 0.1) is 28.5 Å². The summed E-state index contributed by atoms with van der Waals surface area (Å²) in [7, 11) is -4.83. The Morgan fingerprint density at radius 2 is 1.87 bits per heavy atom. The van der Waals surface area contributed by atoms with E-state index in [0.29, 0.717) is 41.5 Å². The third kappa shape index (κ3) is 4.41. The number of nitrogens with one attached hydrogen (secondary N) is 2. The van der Waals surface area contributed by atoms with E-state index in [1.54, 1.807) is 10.8 Å². The molecule has 1 atom stereocenters. The summed E-state index contributed by atoms with van der Waals surface area (Å²) in [5.74, 6) is -6.15. The molecule has 0 amide bonds. The minimum atomic E-state index is -4.83. The van der Waals surface area contributed by atoms with Gasteiger partial charge in [0.15, 0.2) is 5.82 Å². The van der Waals surface area contributed by atoms with Gasteiger partial charge in [-0.15, -0.1) is 11.3 Å². The van der Waals surface area contributed by atoms with E-state index >= 15 is 4.39 Å². The topological polar surface area (TPSA) is 104 Å². The number of hydrogen-bond acceptors (Lipinski definition) is 6. The Morgan fingerprint density at radius 3 is 2.58 bits per heavy atom. The Hall–Kier alpha value is -3.84. The van der Waals surface area contributed by atoms with Crippen molar-refractivity contribution in [3.8, 4) is 0 Å². The number of nitrogens with zero attached hydrogens (tertiary/aromatic N) is 2. The maximum Gasteiger partial charge on any atom is 0.265 e. The van der Waals surface area contributed by atoms with Gasteiger partial charge in [0.25, 0.3) is 10.0 Å². The van der Waals surface area contributed by atoms with Crippen LogP contribution in [0.15, 0.2) is 51.8 Å². The van der Waals surface area contributed by atoms with Crippen LogP contribution in [0.1, 0.15) is 33.5 Å². The van der Waals surface area contributed by atoms with Gasteiger partial charge in [0.1, 0.15) is 27.8 Å². The number of fused-ring (bicyclic) bond motifs is 1. The lowest BCUT2D eigenvalue weighted by Crippen LogP contribution is -2.39. The van der Waals surface area contributed by atoms with Crippen molar-refractivity contribution >= 4 is 38.9 Å². The first-order valence-corrected chi connectivity index (χ1v) is 13.4. The molecule has 0 spiro atoms. The van der Waals surface area contributed by atoms with Crippen molar-refractivity contribution in [1.29, 1.82) is 0 Å². The van der Waals surface area contributed by atoms with Crippen molar-refractivity contribution in [2.24, 2.45) is 4.99 Å². The van der Waals surface area contributed by atoms with E-state index in [0.717, 1.165) is 16.8 Å². The van der Waals surface area contributed by atoms with Crippen LogP contribution in [0.4, 0.5) is 23.2 Å². The van der Waals surface area contributed by atoms with E-state index in [2.05, 4.69) is 15.0 Å². The van der Waals surface area contributed by atoms with Crippen molar-refractivity contribution in [3.63, 3.8) is 0 Å². The van der Waals surface area contributed by atoms with Gasteiger partial charge in [-0.1, -0.05) is 6.08 Å². The number of aromatic nitrogens is 2. The summed E-state index contributed by atoms with van der Waals surface area (Å²) < 4.78 is 84.9. The standard InChI is InChI=1S/C25H18F4N4O3S2/c1-12-32-20(10-37-12)25(2)8-14-15(9-30-24(14)31-11-25)23(34)21-17(28)5-6-18(22(21)29)33-38(35,36)19-7-13(26)3-4-16(19)27/h3-10,33H,11H2,1-2H3,(H,30,31). The van der Waals surface area contributed by atoms with Crippen molar-refractivity contribution < 1.29 is 30.8 Å². The number of thiazole rings is 1. The zero-order valence-corrected chi connectivity index (χ0v) is 21.4. The summed E-state index contributed by atoms with van der Waals surface area (Å²) in [4.78, 5) is 24.1. The Balaban J connectivity index is 1.57. The number of aromatic amines is 1. The molecule has 0 saturated heterocycles. The SMILES string of the molecule is Cc1nc(C2(C)C=c3c(C(=O)c4c(F)ccc(NS(=O)(=O)c5cc(F)ccc5F)c4F)c[nH]c3=NC2)cs1. The number of benzene rings is 2. The maximum atomic E-state index is 15.4. The normalized spacial score (nSPS) is 16.9. The number of carbonyl (C=O) groups is 1. The summed E-state index contributed by atoms with van der Waals surface area (Å²) in [5.41, 5.74) is -1.55. The number of carbonyl (C=O) groups excluding carboxylic acids is 1. The molecular formula is C25H18F4N4O3S2. The molecule has 0 bridgehead atoms. The van der Waals surface area contributed by atoms with Crippen LogP contribution in [-0.2, 0) is 15.4 Å². The number of aryl methyl sites for hydroxylation is 1. The van der Waals surface area contributed by atoms with Crippen LogP contribution in [0.25, 0.3) is 6.08 Å². The zero-order valence-electron chi connectivity index (χ0n) is 19.8. The first-order valence-electron chi connectivity index (χ1n) is 11.1. The maximum absolute atomic E-state index is 15.4. The molecule has 2 aromatic carbocycles. The fraction of sp³-hybridized carbons (Fsp3) is 0.160. The average Bonchev–Trinajstić information content (AvgIpc) is 3.48. The van der Waals surface area contributed by atoms with E-state index in [-0.39, 0.29) is 5.56 Å². The molecule has 2 aromatic heterocycles. The summed E-state index contributed by atoms with van der Waals surface area (Å²) in [6.07, 6.45) is 3.02. The molecule has 2 N–H and O–H groups in total. The fourth-order valence-corrected chi connectivity index (χ4v) is 6.04. The van der Waals surface area contributed by atoms with Gasteiger partial charge in [0, 0.05) is 27.8 Å². The molecule has 5 rings (SSSR count). The Morgan fingerprint density at radius 1 is 1.13 bits per heavy atom. The highest BCUT2D eigenvalue weighted by Crippen LogP contribution is 2.29. The van der Waals surface area contributed by atoms with Crippen molar-refractivity contribution in [2.45, 2.75) is 24.2 Å². The van der Waals surface area contributed by atoms with Gasteiger partial charge < -0.3 is 4.98 Å². The third-order valence-corrected chi connectivity index (χ3v) is 8.28. The van der Waals surface area contributed by atoms with Gasteiger partial charge in [-0.05, 0) is 44.2 Å². The zero-order chi connectivity index (χ0) is 27.4. The molecule has 1 aliphatic heterocycles. The molecule has 4 aromatic rings. The Bertz CT molecular complexity index is 1850. The van der Waals surface area contributed by atoms with E-state index in [4.69, 9.17) is 0 Å². The number of rotatable bonds is 6. The van der Waals surface area contributed by atoms with Gasteiger partial charge in [-0.25, -0.2) is 31.0 Å². The number of halogens is 4. The smallest absolute Gasteiger partial charge is 0.265 e. The molecular weight excluding hydrogens is 544 g/mol. The second-order valence-corrected chi connectivity index (χ2v) is 11.6. The second-order valence-electron chi connectivity index (χ2n) is 8.89. The monoisotopic (exact) mass is 562 g/mol. The van der Waals surface area contributed by atoms with Crippen LogP contribution in [0, 0.1) is 30.2 Å². The first-order chi connectivity index (χ1) is 17.9. The molecule has 38 heavy (non-hydrogen) atoms. The Kier molecular flexibility index (Phi) is 6.22. The number of anilines is 1. The highest BCUT2D eigenvalue weighted by Gasteiger charge is 2.32. The van der Waals surface area contributed by atoms with Gasteiger partial charge in [-0.3, -0.25) is 14.5 Å². The van der Waals surface area contributed by atoms with Crippen molar-refractivity contribution in [2.75, 3.05) is 11.3 Å². The highest BCUT2D eigenvalue weighted by molar-refractivity contribution is 7.92. The molecule has 0 fully saturated rings. The first kappa shape index (κ1) is 25.8. The molecule has 0 aliphatic carbocycles. The summed E-state index contributed by atoms with van der Waals surface area (Å²) in [5, 5.41) is 3.03. The minimum absolute atomic E-state index is 0.0874. The van der Waals surface area contributed by atoms with Crippen LogP contribution in [0.5, 0.6) is 0 Å². The Labute approximate surface area is 217 Å². The number of hydrogen-bond donors (Lipinski definition) is 2. The summed E-state index contributed by atoms with van der Waals surface area (Å²) >= 11 is 1.45. The second kappa shape index (κ2) is 9.17. The lowest BCUT2D eigenvalue weighted by atomic mass is 9.84. The third-order valence-electron chi connectivity index (χ3n) is 6.12. The van der Waals surface area contributed by atoms with E-state index in [9.17, 15) is 26.4 Å². The van der Waals surface area contributed by atoms with Crippen LogP contribution in [0.2, 0.25) is 0 Å². The molecule has 1 aliphatic rings. The molecule has 7 nitrogen and oxygen atoms in total. The van der Waals surface area contributed by atoms with Gasteiger partial charge in [-0.2, -0.15) is 0 Å². The van der Waals surface area contributed by atoms with E-state index in [1.165, 1.54) is 17.5 Å². The predicted octanol–water partition coefficient (Wildman–Crippen LogP) is 3.74. The number of H-pyrrole nitrogens is 1. The van der Waals surface area contributed by atoms with Crippen LogP contribution in [0.3, 0.4) is 0 Å². The van der Waals surface area contributed by atoms with Gasteiger partial charge >= 0.3 is 0 Å². The average molecular weight is 563 g/mol. The lowest BCUT2D eigenvalue weighted by Gasteiger charge is -2.23. The van der Waals surface area contributed by atoms with Crippen LogP contribution in [-0.4, -0.2) is 30.7 Å². The predicted molar refractivity (Wildman–Crippen MR) is 132 cm³/mol. The molecule has 0 saturated carbocycles. The molecule has 196 valence electrons. The molecule has 3 heterocycles. The number of sulfonamides is 1. The minimum Gasteiger partial charge on any atom is -0.346 e. The van der Waals surface area contributed by atoms with Crippen LogP contribution >= 0.6 is 11.3 Å². The summed E-state index contributed by atoms with van der Waals surface area (Å²) in [6, 6.07) is 3.16. The van der Waals surface area contributed by atoms with Gasteiger partial charge in [0.2, 0.25) is 5.78 Å². The van der Waals surface area contributed by atoms with Crippen molar-refractivity contribution in [3.05, 3.63) is 97.7 Å². The molecule has 0 radical (unpaired) electrons. The fourth-order valence-electron chi connectivity index (χ4n) is 4.13. The van der Waals surface area contributed by atoms with E-state index in [1.807, 2.05) is 19.2 Å². The quantitative estimate of drug-likeness (QED) is 0.276. The largest absolute Gasteiger partial charge is 0.346 e. The van der Waals surface area contributed by atoms with Crippen molar-refractivity contribution in [1.82, 2.24) is 9.97 Å². The van der Waals surface area contributed by atoms with Crippen LogP contribution < -0.4 is 15.4 Å². The number of ketones is 1. The highest BCUT2D eigenvalue weighted by atomic mass is 32.2. The summed E-state index contributed by atoms with van der Waals surface area (Å²) in [6.45, 7) is 4.05. The molecule has 1 unspecified atom stereocenters. The lowest BCUT2D eigenvalue weighted by molar-refractivity contribution is 0.103.